The zero-order valence-electron chi connectivity index (χ0n) is 10.6. The molecule has 17 heavy (non-hydrogen) atoms. The van der Waals surface area contributed by atoms with E-state index in [1.165, 1.54) is 11.1 Å². The lowest BCUT2D eigenvalue weighted by Gasteiger charge is -2.17. The Hall–Kier alpha value is -1.61. The Morgan fingerprint density at radius 3 is 2.82 bits per heavy atom. The molecule has 0 amide bonds. The molecule has 1 unspecified atom stereocenters. The summed E-state index contributed by atoms with van der Waals surface area (Å²) < 4.78 is 2.09. The normalized spacial score (nSPS) is 12.7. The molecule has 0 aliphatic heterocycles. The van der Waals surface area contributed by atoms with E-state index < -0.39 is 0 Å². The zero-order valence-corrected chi connectivity index (χ0v) is 10.6. The summed E-state index contributed by atoms with van der Waals surface area (Å²) in [5.41, 5.74) is 10.0. The minimum Gasteiger partial charge on any atom is -0.334 e. The molecule has 0 aliphatic carbocycles. The van der Waals surface area contributed by atoms with Crippen molar-refractivity contribution in [2.45, 2.75) is 33.4 Å². The number of aryl methyl sites for hydroxylation is 2. The molecule has 2 rings (SSSR count). The quantitative estimate of drug-likeness (QED) is 0.879. The topological polar surface area (TPSA) is 43.8 Å². The number of imidazole rings is 1. The van der Waals surface area contributed by atoms with Crippen molar-refractivity contribution in [1.29, 1.82) is 0 Å². The van der Waals surface area contributed by atoms with Crippen LogP contribution >= 0.6 is 0 Å². The molecule has 0 spiro atoms. The Labute approximate surface area is 102 Å². The van der Waals surface area contributed by atoms with Gasteiger partial charge in [-0.2, -0.15) is 0 Å². The van der Waals surface area contributed by atoms with Gasteiger partial charge in [-0.15, -0.1) is 0 Å². The number of hydrogen-bond donors (Lipinski definition) is 1. The van der Waals surface area contributed by atoms with Crippen LogP contribution in [0.1, 0.15) is 35.5 Å². The van der Waals surface area contributed by atoms with Gasteiger partial charge in [-0.05, 0) is 37.5 Å². The summed E-state index contributed by atoms with van der Waals surface area (Å²) in [6, 6.07) is 6.10. The summed E-state index contributed by atoms with van der Waals surface area (Å²) in [6.07, 6.45) is 3.78. The standard InChI is InChI=1S/C14H19N3/c1-4-17-9-8-16-14(17)13(15)12-7-5-6-10(2)11(12)3/h5-9,13H,4,15H2,1-3H3. The van der Waals surface area contributed by atoms with Gasteiger partial charge >= 0.3 is 0 Å². The maximum Gasteiger partial charge on any atom is 0.130 e. The van der Waals surface area contributed by atoms with Gasteiger partial charge in [0.1, 0.15) is 5.82 Å². The highest BCUT2D eigenvalue weighted by molar-refractivity contribution is 5.37. The number of hydrogen-bond acceptors (Lipinski definition) is 2. The Morgan fingerprint density at radius 2 is 2.12 bits per heavy atom. The van der Waals surface area contributed by atoms with E-state index in [-0.39, 0.29) is 6.04 Å². The summed E-state index contributed by atoms with van der Waals surface area (Å²) in [7, 11) is 0. The van der Waals surface area contributed by atoms with Crippen molar-refractivity contribution in [3.8, 4) is 0 Å². The van der Waals surface area contributed by atoms with Gasteiger partial charge in [0.15, 0.2) is 0 Å². The van der Waals surface area contributed by atoms with Crippen LogP contribution in [0.4, 0.5) is 0 Å². The summed E-state index contributed by atoms with van der Waals surface area (Å²) in [4.78, 5) is 4.37. The number of nitrogens with zero attached hydrogens (tertiary/aromatic N) is 2. The molecule has 3 heteroatoms. The Morgan fingerprint density at radius 1 is 1.35 bits per heavy atom. The fourth-order valence-electron chi connectivity index (χ4n) is 2.12. The average molecular weight is 229 g/mol. The molecule has 0 bridgehead atoms. The van der Waals surface area contributed by atoms with Gasteiger partial charge in [-0.25, -0.2) is 4.98 Å². The molecule has 90 valence electrons. The van der Waals surface area contributed by atoms with Crippen LogP contribution in [0.3, 0.4) is 0 Å². The molecule has 0 fully saturated rings. The number of benzene rings is 1. The SMILES string of the molecule is CCn1ccnc1C(N)c1cccc(C)c1C. The molecule has 1 aromatic carbocycles. The summed E-state index contributed by atoms with van der Waals surface area (Å²) in [6.45, 7) is 7.22. The lowest BCUT2D eigenvalue weighted by Crippen LogP contribution is -2.18. The number of nitrogens with two attached hydrogens (primary N) is 1. The Kier molecular flexibility index (Phi) is 3.29. The first-order chi connectivity index (χ1) is 8.15. The minimum absolute atomic E-state index is 0.148. The second-order valence-corrected chi connectivity index (χ2v) is 4.34. The molecule has 0 saturated carbocycles. The van der Waals surface area contributed by atoms with Gasteiger partial charge in [-0.3, -0.25) is 0 Å². The highest BCUT2D eigenvalue weighted by atomic mass is 15.1. The van der Waals surface area contributed by atoms with Crippen molar-refractivity contribution in [3.05, 3.63) is 53.1 Å². The van der Waals surface area contributed by atoms with Crippen molar-refractivity contribution in [2.24, 2.45) is 5.73 Å². The lowest BCUT2D eigenvalue weighted by atomic mass is 9.97. The molecule has 0 saturated heterocycles. The van der Waals surface area contributed by atoms with Crippen molar-refractivity contribution < 1.29 is 0 Å². The molecule has 1 aromatic heterocycles. The first-order valence-corrected chi connectivity index (χ1v) is 5.97. The van der Waals surface area contributed by atoms with E-state index in [9.17, 15) is 0 Å². The molecule has 2 aromatic rings. The zero-order chi connectivity index (χ0) is 12.4. The maximum absolute atomic E-state index is 6.32. The van der Waals surface area contributed by atoms with E-state index in [1.54, 1.807) is 0 Å². The Bertz CT molecular complexity index is 514. The van der Waals surface area contributed by atoms with Gasteiger partial charge in [-0.1, -0.05) is 18.2 Å². The second kappa shape index (κ2) is 4.72. The first-order valence-electron chi connectivity index (χ1n) is 5.97. The van der Waals surface area contributed by atoms with E-state index in [0.717, 1.165) is 17.9 Å². The van der Waals surface area contributed by atoms with Crippen LogP contribution in [0.15, 0.2) is 30.6 Å². The third-order valence-electron chi connectivity index (χ3n) is 3.35. The van der Waals surface area contributed by atoms with E-state index in [2.05, 4.69) is 48.5 Å². The molecule has 2 N–H and O–H groups in total. The van der Waals surface area contributed by atoms with Crippen LogP contribution < -0.4 is 5.73 Å². The van der Waals surface area contributed by atoms with Crippen LogP contribution in [0.2, 0.25) is 0 Å². The molecule has 3 nitrogen and oxygen atoms in total. The summed E-state index contributed by atoms with van der Waals surface area (Å²) in [5, 5.41) is 0. The van der Waals surface area contributed by atoms with Crippen LogP contribution in [0, 0.1) is 13.8 Å². The lowest BCUT2D eigenvalue weighted by molar-refractivity contribution is 0.654. The van der Waals surface area contributed by atoms with E-state index >= 15 is 0 Å². The third kappa shape index (κ3) is 2.11. The van der Waals surface area contributed by atoms with Crippen molar-refractivity contribution >= 4 is 0 Å². The van der Waals surface area contributed by atoms with Gasteiger partial charge in [0.05, 0.1) is 6.04 Å². The van der Waals surface area contributed by atoms with Crippen LogP contribution in [0.25, 0.3) is 0 Å². The molecular weight excluding hydrogens is 210 g/mol. The fourth-order valence-corrected chi connectivity index (χ4v) is 2.12. The second-order valence-electron chi connectivity index (χ2n) is 4.34. The molecule has 0 radical (unpaired) electrons. The largest absolute Gasteiger partial charge is 0.334 e. The summed E-state index contributed by atoms with van der Waals surface area (Å²) in [5.74, 6) is 0.932. The van der Waals surface area contributed by atoms with Crippen molar-refractivity contribution in [3.63, 3.8) is 0 Å². The van der Waals surface area contributed by atoms with Gasteiger partial charge in [0, 0.05) is 18.9 Å². The van der Waals surface area contributed by atoms with Crippen LogP contribution in [-0.4, -0.2) is 9.55 Å². The smallest absolute Gasteiger partial charge is 0.130 e. The average Bonchev–Trinajstić information content (AvgIpc) is 2.80. The monoisotopic (exact) mass is 229 g/mol. The number of rotatable bonds is 3. The highest BCUT2D eigenvalue weighted by Crippen LogP contribution is 2.23. The van der Waals surface area contributed by atoms with Crippen molar-refractivity contribution in [1.82, 2.24) is 9.55 Å². The van der Waals surface area contributed by atoms with Gasteiger partial charge < -0.3 is 10.3 Å². The predicted octanol–water partition coefficient (Wildman–Crippen LogP) is 2.57. The van der Waals surface area contributed by atoms with Crippen molar-refractivity contribution in [2.75, 3.05) is 0 Å². The van der Waals surface area contributed by atoms with Crippen LogP contribution in [-0.2, 0) is 6.54 Å². The highest BCUT2D eigenvalue weighted by Gasteiger charge is 2.16. The fraction of sp³-hybridized carbons (Fsp3) is 0.357. The van der Waals surface area contributed by atoms with E-state index in [1.807, 2.05) is 12.4 Å². The molecule has 0 aliphatic rings. The third-order valence-corrected chi connectivity index (χ3v) is 3.35. The predicted molar refractivity (Wildman–Crippen MR) is 69.8 cm³/mol. The maximum atomic E-state index is 6.32. The van der Waals surface area contributed by atoms with Gasteiger partial charge in [0.25, 0.3) is 0 Å². The Balaban J connectivity index is 2.44. The molecule has 1 heterocycles. The van der Waals surface area contributed by atoms with E-state index in [0.29, 0.717) is 0 Å². The number of aromatic nitrogens is 2. The van der Waals surface area contributed by atoms with Crippen LogP contribution in [0.5, 0.6) is 0 Å². The molecule has 1 atom stereocenters. The van der Waals surface area contributed by atoms with E-state index in [4.69, 9.17) is 5.73 Å². The van der Waals surface area contributed by atoms with Gasteiger partial charge in [0.2, 0.25) is 0 Å². The first kappa shape index (κ1) is 11.9. The molecular formula is C14H19N3. The minimum atomic E-state index is -0.148. The summed E-state index contributed by atoms with van der Waals surface area (Å²) >= 11 is 0.